The molecule has 43 heavy (non-hydrogen) atoms. The number of rotatable bonds is 8. The number of carbonyl (C=O) groups excluding carboxylic acids is 2. The summed E-state index contributed by atoms with van der Waals surface area (Å²) >= 11 is 0. The highest BCUT2D eigenvalue weighted by atomic mass is 16.5. The third kappa shape index (κ3) is 4.41. The molecule has 10 nitrogen and oxygen atoms in total. The molecule has 6 heterocycles. The van der Waals surface area contributed by atoms with E-state index in [0.29, 0.717) is 23.3 Å². The van der Waals surface area contributed by atoms with E-state index in [2.05, 4.69) is 26.4 Å². The molecule has 8 rings (SSSR count). The highest BCUT2D eigenvalue weighted by molar-refractivity contribution is 5.97. The molecule has 4 atom stereocenters. The molecule has 2 saturated carbocycles. The topological polar surface area (TPSA) is 120 Å². The number of pyridine rings is 2. The Balaban J connectivity index is 1.27. The van der Waals surface area contributed by atoms with Crippen LogP contribution >= 0.6 is 0 Å². The van der Waals surface area contributed by atoms with Gasteiger partial charge in [-0.05, 0) is 82.1 Å². The van der Waals surface area contributed by atoms with Crippen molar-refractivity contribution in [2.45, 2.75) is 95.4 Å². The number of hydrogen-bond donors (Lipinski definition) is 2. The second-order valence-electron chi connectivity index (χ2n) is 13.2. The molecule has 4 aromatic rings. The number of nitrogens with zero attached hydrogens (tertiary/aromatic N) is 5. The van der Waals surface area contributed by atoms with Crippen molar-refractivity contribution < 1.29 is 14.3 Å². The molecular weight excluding hydrogens is 542 g/mol. The average Bonchev–Trinajstić information content (AvgIpc) is 3.87. The second-order valence-corrected chi connectivity index (χ2v) is 13.2. The van der Waals surface area contributed by atoms with Crippen LogP contribution in [-0.4, -0.2) is 60.9 Å². The monoisotopic (exact) mass is 581 g/mol. The number of hydrogen-bond acceptors (Lipinski definition) is 6. The number of amides is 2. The molecular formula is C33H39N7O3. The number of carbonyl (C=O) groups is 2. The molecule has 2 aliphatic heterocycles. The van der Waals surface area contributed by atoms with Gasteiger partial charge in [0.05, 0.1) is 30.2 Å². The van der Waals surface area contributed by atoms with E-state index in [0.717, 1.165) is 78.1 Å². The number of fused-ring (bicyclic) bond motifs is 4. The van der Waals surface area contributed by atoms with E-state index in [-0.39, 0.29) is 36.0 Å². The molecule has 0 aromatic carbocycles. The van der Waals surface area contributed by atoms with E-state index in [1.165, 1.54) is 19.8 Å². The highest BCUT2D eigenvalue weighted by Crippen LogP contribution is 2.47. The van der Waals surface area contributed by atoms with Gasteiger partial charge in [0, 0.05) is 54.5 Å². The number of nitrogens with two attached hydrogens (primary N) is 1. The van der Waals surface area contributed by atoms with E-state index >= 15 is 0 Å². The first kappa shape index (κ1) is 26.7. The predicted octanol–water partition coefficient (Wildman–Crippen LogP) is 4.55. The lowest BCUT2D eigenvalue weighted by atomic mass is 9.97. The minimum Gasteiger partial charge on any atom is -0.482 e. The van der Waals surface area contributed by atoms with Crippen LogP contribution in [0.5, 0.6) is 5.88 Å². The molecule has 4 aromatic heterocycles. The largest absolute Gasteiger partial charge is 0.482 e. The number of aromatic nitrogens is 4. The average molecular weight is 582 g/mol. The van der Waals surface area contributed by atoms with Gasteiger partial charge in [0.15, 0.2) is 5.88 Å². The molecule has 3 N–H and O–H groups in total. The zero-order valence-corrected chi connectivity index (χ0v) is 25.0. The van der Waals surface area contributed by atoms with E-state index < -0.39 is 0 Å². The highest BCUT2D eigenvalue weighted by Gasteiger charge is 2.47. The van der Waals surface area contributed by atoms with Crippen molar-refractivity contribution in [1.29, 1.82) is 0 Å². The summed E-state index contributed by atoms with van der Waals surface area (Å²) in [5, 5.41) is 4.02. The van der Waals surface area contributed by atoms with Crippen molar-refractivity contribution in [3.8, 4) is 17.3 Å². The standard InChI is InChI=1S/C33H39N7O3/c1-17(35-18(2)41)25-10-8-21-12-27(38(32(21)36-25)16-19-4-5-19)30-31(20-6-7-20)40-28(37-30)13-22(14-29(40)43-3)33(42)39-23-9-11-26(39)24(34)15-23/h8,10,12-14,17,19-20,23-24,26H,4-7,9,11,15-16,34H2,1-3H3,(H,35,41)/t17-,23+,24-,26-/m1/s1. The van der Waals surface area contributed by atoms with Gasteiger partial charge in [0.2, 0.25) is 5.91 Å². The molecule has 0 spiro atoms. The second kappa shape index (κ2) is 9.80. The fourth-order valence-corrected chi connectivity index (χ4v) is 7.56. The smallest absolute Gasteiger partial charge is 0.254 e. The minimum absolute atomic E-state index is 0.0200. The number of imidazole rings is 1. The van der Waals surface area contributed by atoms with Crippen molar-refractivity contribution in [2.75, 3.05) is 7.11 Å². The zero-order valence-electron chi connectivity index (χ0n) is 25.0. The van der Waals surface area contributed by atoms with Crippen LogP contribution in [0.2, 0.25) is 0 Å². The van der Waals surface area contributed by atoms with E-state index in [9.17, 15) is 9.59 Å². The normalized spacial score (nSPS) is 23.8. The molecule has 0 unspecified atom stereocenters. The van der Waals surface area contributed by atoms with Gasteiger partial charge in [-0.2, -0.15) is 0 Å². The Kier molecular flexibility index (Phi) is 6.08. The summed E-state index contributed by atoms with van der Waals surface area (Å²) in [7, 11) is 1.67. The summed E-state index contributed by atoms with van der Waals surface area (Å²) in [6.07, 6.45) is 7.49. The van der Waals surface area contributed by atoms with Crippen molar-refractivity contribution in [2.24, 2.45) is 11.7 Å². The number of methoxy groups -OCH3 is 1. The predicted molar refractivity (Wildman–Crippen MR) is 163 cm³/mol. The van der Waals surface area contributed by atoms with Crippen LogP contribution in [0.1, 0.15) is 92.5 Å². The molecule has 224 valence electrons. The first-order chi connectivity index (χ1) is 20.8. The van der Waals surface area contributed by atoms with Gasteiger partial charge in [-0.15, -0.1) is 0 Å². The lowest BCUT2D eigenvalue weighted by molar-refractivity contribution is -0.119. The van der Waals surface area contributed by atoms with E-state index in [1.54, 1.807) is 7.11 Å². The van der Waals surface area contributed by atoms with Crippen LogP contribution < -0.4 is 15.8 Å². The Labute approximate surface area is 250 Å². The van der Waals surface area contributed by atoms with Gasteiger partial charge in [-0.25, -0.2) is 9.97 Å². The molecule has 4 aliphatic rings. The SMILES string of the molecule is COc1cc(C(=O)N2[C@H]3CC[C@@H]2[C@H](N)C3)cc2nc(-c3cc4ccc([C@@H](C)NC(C)=O)nc4n3CC3CC3)c(C3CC3)n12. The molecule has 2 bridgehead atoms. The Morgan fingerprint density at radius 3 is 2.56 bits per heavy atom. The van der Waals surface area contributed by atoms with Gasteiger partial charge < -0.3 is 25.3 Å². The maximum atomic E-state index is 13.9. The van der Waals surface area contributed by atoms with Gasteiger partial charge in [0.1, 0.15) is 17.0 Å². The lowest BCUT2D eigenvalue weighted by Crippen LogP contribution is -2.40. The summed E-state index contributed by atoms with van der Waals surface area (Å²) in [6.45, 7) is 4.37. The molecule has 0 radical (unpaired) electrons. The summed E-state index contributed by atoms with van der Waals surface area (Å²) in [6, 6.07) is 10.3. The zero-order chi connectivity index (χ0) is 29.6. The van der Waals surface area contributed by atoms with Crippen LogP contribution in [-0.2, 0) is 11.3 Å². The van der Waals surface area contributed by atoms with E-state index in [1.807, 2.05) is 30.0 Å². The first-order valence-corrected chi connectivity index (χ1v) is 15.8. The Bertz CT molecular complexity index is 1780. The summed E-state index contributed by atoms with van der Waals surface area (Å²) in [5.41, 5.74) is 12.6. The van der Waals surface area contributed by atoms with Gasteiger partial charge in [-0.1, -0.05) is 0 Å². The number of nitrogens with one attached hydrogen (secondary N) is 1. The van der Waals surface area contributed by atoms with Gasteiger partial charge in [0.25, 0.3) is 5.91 Å². The van der Waals surface area contributed by atoms with Crippen LogP contribution in [0.25, 0.3) is 28.1 Å². The maximum Gasteiger partial charge on any atom is 0.254 e. The Hall–Kier alpha value is -3.92. The Morgan fingerprint density at radius 2 is 1.91 bits per heavy atom. The third-order valence-electron chi connectivity index (χ3n) is 9.97. The number of ether oxygens (including phenoxy) is 1. The van der Waals surface area contributed by atoms with E-state index in [4.69, 9.17) is 20.4 Å². The maximum absolute atomic E-state index is 13.9. The summed E-state index contributed by atoms with van der Waals surface area (Å²) < 4.78 is 10.4. The first-order valence-electron chi connectivity index (χ1n) is 15.8. The third-order valence-corrected chi connectivity index (χ3v) is 9.97. The van der Waals surface area contributed by atoms with Crippen LogP contribution in [0.15, 0.2) is 30.3 Å². The summed E-state index contributed by atoms with van der Waals surface area (Å²) in [5.74, 6) is 1.58. The molecule has 2 aliphatic carbocycles. The quantitative estimate of drug-likeness (QED) is 0.315. The molecule has 2 saturated heterocycles. The fraction of sp³-hybridized carbons (Fsp3) is 0.515. The molecule has 4 fully saturated rings. The molecule has 10 heteroatoms. The molecule has 2 amide bonds. The van der Waals surface area contributed by atoms with Gasteiger partial charge >= 0.3 is 0 Å². The van der Waals surface area contributed by atoms with Crippen molar-refractivity contribution in [3.05, 3.63) is 47.3 Å². The van der Waals surface area contributed by atoms with Gasteiger partial charge in [-0.3, -0.25) is 14.0 Å². The van der Waals surface area contributed by atoms with Crippen LogP contribution in [0, 0.1) is 5.92 Å². The van der Waals surface area contributed by atoms with Crippen molar-refractivity contribution in [1.82, 2.24) is 29.2 Å². The Morgan fingerprint density at radius 1 is 1.09 bits per heavy atom. The van der Waals surface area contributed by atoms with Crippen molar-refractivity contribution in [3.63, 3.8) is 0 Å². The van der Waals surface area contributed by atoms with Crippen molar-refractivity contribution >= 4 is 28.5 Å². The minimum atomic E-state index is -0.188. The fourth-order valence-electron chi connectivity index (χ4n) is 7.56. The van der Waals surface area contributed by atoms with Crippen LogP contribution in [0.3, 0.4) is 0 Å². The van der Waals surface area contributed by atoms with Crippen LogP contribution in [0.4, 0.5) is 0 Å². The summed E-state index contributed by atoms with van der Waals surface area (Å²) in [4.78, 5) is 37.9. The lowest BCUT2D eigenvalue weighted by Gasteiger charge is -2.23.